The molecule has 28 heavy (non-hydrogen) atoms. The zero-order valence-corrected chi connectivity index (χ0v) is 15.3. The molecule has 2 N–H and O–H groups in total. The predicted octanol–water partition coefficient (Wildman–Crippen LogP) is 3.33. The van der Waals surface area contributed by atoms with E-state index in [0.717, 1.165) is 36.1 Å². The van der Waals surface area contributed by atoms with Gasteiger partial charge in [-0.2, -0.15) is 0 Å². The van der Waals surface area contributed by atoms with Gasteiger partial charge >= 0.3 is 5.63 Å². The van der Waals surface area contributed by atoms with Crippen molar-refractivity contribution in [3.63, 3.8) is 0 Å². The highest BCUT2D eigenvalue weighted by Crippen LogP contribution is 2.25. The Morgan fingerprint density at radius 3 is 3.00 bits per heavy atom. The molecule has 0 radical (unpaired) electrons. The molecule has 4 aromatic rings. The largest absolute Gasteiger partial charge is 0.422 e. The van der Waals surface area contributed by atoms with Crippen molar-refractivity contribution in [3.05, 3.63) is 64.5 Å². The molecule has 5 rings (SSSR count). The van der Waals surface area contributed by atoms with E-state index in [9.17, 15) is 9.18 Å². The fourth-order valence-corrected chi connectivity index (χ4v) is 3.71. The highest BCUT2D eigenvalue weighted by Gasteiger charge is 2.16. The monoisotopic (exact) mass is 378 g/mol. The van der Waals surface area contributed by atoms with E-state index in [4.69, 9.17) is 4.42 Å². The van der Waals surface area contributed by atoms with Crippen molar-refractivity contribution in [2.24, 2.45) is 0 Å². The fourth-order valence-electron chi connectivity index (χ4n) is 3.71. The highest BCUT2D eigenvalue weighted by molar-refractivity contribution is 5.84. The van der Waals surface area contributed by atoms with Crippen LogP contribution in [0.4, 0.5) is 10.1 Å². The second-order valence-electron chi connectivity index (χ2n) is 7.26. The summed E-state index contributed by atoms with van der Waals surface area (Å²) in [6.45, 7) is 3.73. The molecule has 4 heterocycles. The molecule has 1 fully saturated rings. The third-order valence-electron chi connectivity index (χ3n) is 5.09. The van der Waals surface area contributed by atoms with Crippen LogP contribution in [0.1, 0.15) is 12.0 Å². The third kappa shape index (κ3) is 2.93. The second kappa shape index (κ2) is 6.45. The normalized spacial score (nSPS) is 16.9. The predicted molar refractivity (Wildman–Crippen MR) is 106 cm³/mol. The number of benzene rings is 1. The Balaban J connectivity index is 1.56. The van der Waals surface area contributed by atoms with Gasteiger partial charge in [-0.15, -0.1) is 0 Å². The average Bonchev–Trinajstić information content (AvgIpc) is 3.30. The first-order valence-corrected chi connectivity index (χ1v) is 9.27. The van der Waals surface area contributed by atoms with E-state index in [0.29, 0.717) is 22.9 Å². The zero-order valence-electron chi connectivity index (χ0n) is 15.3. The molecule has 1 saturated heterocycles. The topological polar surface area (TPSA) is 71.6 Å². The number of fused-ring (bicyclic) bond motifs is 2. The summed E-state index contributed by atoms with van der Waals surface area (Å²) in [5.74, 6) is -0.423. The molecule has 142 valence electrons. The number of hydrogen-bond donors (Lipinski definition) is 2. The molecule has 3 aromatic heterocycles. The minimum absolute atomic E-state index is 0.185. The van der Waals surface area contributed by atoms with Crippen molar-refractivity contribution in [2.75, 3.05) is 18.4 Å². The molecule has 0 saturated carbocycles. The minimum atomic E-state index is -0.493. The van der Waals surface area contributed by atoms with Crippen molar-refractivity contribution >= 4 is 22.3 Å². The van der Waals surface area contributed by atoms with Gasteiger partial charge in [-0.25, -0.2) is 14.2 Å². The smallest absolute Gasteiger partial charge is 0.345 e. The van der Waals surface area contributed by atoms with Gasteiger partial charge in [0.25, 0.3) is 0 Å². The summed E-state index contributed by atoms with van der Waals surface area (Å²) in [7, 11) is 0. The number of hydrogen-bond acceptors (Lipinski definition) is 5. The maximum absolute atomic E-state index is 14.1. The Hall–Kier alpha value is -3.19. The minimum Gasteiger partial charge on any atom is -0.422 e. The lowest BCUT2D eigenvalue weighted by Gasteiger charge is -2.13. The van der Waals surface area contributed by atoms with Crippen molar-refractivity contribution in [3.8, 4) is 11.3 Å². The van der Waals surface area contributed by atoms with E-state index in [1.54, 1.807) is 29.8 Å². The average molecular weight is 378 g/mol. The Kier molecular flexibility index (Phi) is 3.91. The van der Waals surface area contributed by atoms with E-state index in [1.165, 1.54) is 6.07 Å². The van der Waals surface area contributed by atoms with Crippen molar-refractivity contribution < 1.29 is 8.81 Å². The van der Waals surface area contributed by atoms with Gasteiger partial charge in [0.15, 0.2) is 11.5 Å². The maximum atomic E-state index is 14.1. The SMILES string of the molecule is Cc1cc(F)c2nc(-c3cc4ccc(N[C@H]5CCNC5)cc4oc3=O)cn2c1. The summed E-state index contributed by atoms with van der Waals surface area (Å²) in [4.78, 5) is 16.9. The van der Waals surface area contributed by atoms with Gasteiger partial charge in [-0.1, -0.05) is 0 Å². The molecule has 1 atom stereocenters. The summed E-state index contributed by atoms with van der Waals surface area (Å²) >= 11 is 0. The first-order valence-electron chi connectivity index (χ1n) is 9.27. The molecule has 1 aliphatic heterocycles. The van der Waals surface area contributed by atoms with Gasteiger partial charge in [0.05, 0.1) is 11.3 Å². The van der Waals surface area contributed by atoms with Gasteiger partial charge in [0.2, 0.25) is 0 Å². The first kappa shape index (κ1) is 16.9. The molecule has 0 amide bonds. The van der Waals surface area contributed by atoms with Crippen molar-refractivity contribution in [1.82, 2.24) is 14.7 Å². The molecule has 7 heteroatoms. The maximum Gasteiger partial charge on any atom is 0.345 e. The van der Waals surface area contributed by atoms with Crippen LogP contribution in [0.25, 0.3) is 27.9 Å². The quantitative estimate of drug-likeness (QED) is 0.535. The van der Waals surface area contributed by atoms with Crippen LogP contribution < -0.4 is 16.3 Å². The molecule has 1 aliphatic rings. The van der Waals surface area contributed by atoms with E-state index < -0.39 is 11.4 Å². The van der Waals surface area contributed by atoms with Crippen LogP contribution in [-0.4, -0.2) is 28.5 Å². The number of rotatable bonds is 3. The first-order chi connectivity index (χ1) is 13.6. The summed E-state index contributed by atoms with van der Waals surface area (Å²) in [6.07, 6.45) is 4.48. The summed E-state index contributed by atoms with van der Waals surface area (Å²) in [5, 5.41) is 7.55. The van der Waals surface area contributed by atoms with Gasteiger partial charge in [0.1, 0.15) is 5.58 Å². The van der Waals surface area contributed by atoms with Crippen LogP contribution >= 0.6 is 0 Å². The Morgan fingerprint density at radius 1 is 1.29 bits per heavy atom. The van der Waals surface area contributed by atoms with Gasteiger partial charge in [-0.05, 0) is 49.7 Å². The highest BCUT2D eigenvalue weighted by atomic mass is 19.1. The van der Waals surface area contributed by atoms with Crippen LogP contribution in [0.2, 0.25) is 0 Å². The molecule has 6 nitrogen and oxygen atoms in total. The number of nitrogens with one attached hydrogen (secondary N) is 2. The standard InChI is InChI=1S/C21H19FN4O2/c1-12-6-17(22)20-25-18(11-26(20)10-12)16-7-13-2-3-14(8-19(13)28-21(16)27)24-15-4-5-23-9-15/h2-3,6-8,10-11,15,23-24H,4-5,9H2,1H3/t15-/m0/s1. The Bertz CT molecular complexity index is 1250. The third-order valence-corrected chi connectivity index (χ3v) is 5.09. The lowest BCUT2D eigenvalue weighted by atomic mass is 10.1. The van der Waals surface area contributed by atoms with Crippen LogP contribution in [0.3, 0.4) is 0 Å². The summed E-state index contributed by atoms with van der Waals surface area (Å²) < 4.78 is 21.3. The van der Waals surface area contributed by atoms with E-state index in [-0.39, 0.29) is 5.65 Å². The van der Waals surface area contributed by atoms with Crippen LogP contribution in [0, 0.1) is 12.7 Å². The molecule has 0 unspecified atom stereocenters. The zero-order chi connectivity index (χ0) is 19.3. The van der Waals surface area contributed by atoms with Gasteiger partial charge in [-0.3, -0.25) is 0 Å². The van der Waals surface area contributed by atoms with E-state index >= 15 is 0 Å². The van der Waals surface area contributed by atoms with Crippen LogP contribution in [-0.2, 0) is 0 Å². The summed E-state index contributed by atoms with van der Waals surface area (Å²) in [6, 6.07) is 9.26. The molecular weight excluding hydrogens is 359 g/mol. The Labute approximate surface area is 160 Å². The fraction of sp³-hybridized carbons (Fsp3) is 0.238. The van der Waals surface area contributed by atoms with Crippen LogP contribution in [0.5, 0.6) is 0 Å². The molecule has 0 bridgehead atoms. The number of aromatic nitrogens is 2. The second-order valence-corrected chi connectivity index (χ2v) is 7.26. The molecular formula is C21H19FN4O2. The lowest BCUT2D eigenvalue weighted by Crippen LogP contribution is -2.21. The number of halogens is 1. The lowest BCUT2D eigenvalue weighted by molar-refractivity contribution is 0.563. The molecule has 0 spiro atoms. The number of pyridine rings is 1. The summed E-state index contributed by atoms with van der Waals surface area (Å²) in [5.41, 5.74) is 2.60. The van der Waals surface area contributed by atoms with Crippen molar-refractivity contribution in [1.29, 1.82) is 0 Å². The number of nitrogens with zero attached hydrogens (tertiary/aromatic N) is 2. The van der Waals surface area contributed by atoms with Crippen molar-refractivity contribution in [2.45, 2.75) is 19.4 Å². The van der Waals surface area contributed by atoms with Crippen LogP contribution in [0.15, 0.2) is 51.9 Å². The number of aryl methyl sites for hydroxylation is 1. The van der Waals surface area contributed by atoms with E-state index in [1.807, 2.05) is 18.2 Å². The van der Waals surface area contributed by atoms with Gasteiger partial charge < -0.3 is 19.5 Å². The number of anilines is 1. The number of imidazole rings is 1. The molecule has 0 aliphatic carbocycles. The Morgan fingerprint density at radius 2 is 2.18 bits per heavy atom. The van der Waals surface area contributed by atoms with E-state index in [2.05, 4.69) is 15.6 Å². The van der Waals surface area contributed by atoms with Gasteiger partial charge in [0, 0.05) is 42.1 Å². The molecule has 1 aromatic carbocycles.